The summed E-state index contributed by atoms with van der Waals surface area (Å²) in [6, 6.07) is 8.11. The summed E-state index contributed by atoms with van der Waals surface area (Å²) >= 11 is 11.9. The molecule has 0 aliphatic rings. The van der Waals surface area contributed by atoms with Crippen molar-refractivity contribution in [2.24, 2.45) is 0 Å². The summed E-state index contributed by atoms with van der Waals surface area (Å²) in [7, 11) is 3.02. The van der Waals surface area contributed by atoms with Crippen molar-refractivity contribution in [1.82, 2.24) is 9.97 Å². The first-order chi connectivity index (χ1) is 12.0. The van der Waals surface area contributed by atoms with Crippen LogP contribution in [-0.2, 0) is 6.61 Å². The van der Waals surface area contributed by atoms with Crippen molar-refractivity contribution in [1.29, 1.82) is 0 Å². The van der Waals surface area contributed by atoms with Crippen LogP contribution in [0.4, 0.5) is 0 Å². The maximum Gasteiger partial charge on any atom is 0.259 e. The molecule has 0 fully saturated rings. The van der Waals surface area contributed by atoms with Gasteiger partial charge in [-0.3, -0.25) is 4.79 Å². The third-order valence-corrected chi connectivity index (χ3v) is 4.05. The number of halogens is 2. The highest BCUT2D eigenvalue weighted by atomic mass is 35.5. The van der Waals surface area contributed by atoms with Crippen LogP contribution in [0, 0.1) is 0 Å². The van der Waals surface area contributed by atoms with Crippen LogP contribution in [0.5, 0.6) is 17.2 Å². The van der Waals surface area contributed by atoms with Crippen LogP contribution in [0.25, 0.3) is 10.9 Å². The standard InChI is InChI=1S/C17H14Cl2N2O4/c1-23-14-6-10-12(7-15(14)24-2)20-16(21-17(10)22)8-25-13-4-3-9(18)5-11(13)19/h3-7H,8H2,1-2H3,(H,20,21,22). The average molecular weight is 381 g/mol. The fraction of sp³-hybridized carbons (Fsp3) is 0.176. The normalized spacial score (nSPS) is 10.7. The molecule has 1 N–H and O–H groups in total. The molecule has 3 aromatic rings. The van der Waals surface area contributed by atoms with Crippen LogP contribution >= 0.6 is 23.2 Å². The van der Waals surface area contributed by atoms with Crippen LogP contribution in [0.15, 0.2) is 35.1 Å². The minimum atomic E-state index is -0.299. The van der Waals surface area contributed by atoms with Gasteiger partial charge in [-0.05, 0) is 24.3 Å². The van der Waals surface area contributed by atoms with Crippen LogP contribution < -0.4 is 19.8 Å². The maximum absolute atomic E-state index is 12.3. The number of nitrogens with zero attached hydrogens (tertiary/aromatic N) is 1. The number of aromatic nitrogens is 2. The van der Waals surface area contributed by atoms with E-state index >= 15 is 0 Å². The second kappa shape index (κ2) is 7.21. The predicted octanol–water partition coefficient (Wildman–Crippen LogP) is 3.83. The van der Waals surface area contributed by atoms with E-state index in [1.807, 2.05) is 0 Å². The van der Waals surface area contributed by atoms with Gasteiger partial charge in [0.1, 0.15) is 18.2 Å². The van der Waals surface area contributed by atoms with Crippen molar-refractivity contribution >= 4 is 34.1 Å². The lowest BCUT2D eigenvalue weighted by atomic mass is 10.2. The Morgan fingerprint density at radius 1 is 1.04 bits per heavy atom. The molecule has 6 nitrogen and oxygen atoms in total. The van der Waals surface area contributed by atoms with Gasteiger partial charge < -0.3 is 19.2 Å². The average Bonchev–Trinajstić information content (AvgIpc) is 2.60. The monoisotopic (exact) mass is 380 g/mol. The summed E-state index contributed by atoms with van der Waals surface area (Å²) in [5.41, 5.74) is 0.175. The van der Waals surface area contributed by atoms with Crippen LogP contribution in [0.3, 0.4) is 0 Å². The number of ether oxygens (including phenoxy) is 3. The lowest BCUT2D eigenvalue weighted by Crippen LogP contribution is -2.14. The van der Waals surface area contributed by atoms with Gasteiger partial charge in [-0.1, -0.05) is 23.2 Å². The fourth-order valence-corrected chi connectivity index (χ4v) is 2.78. The largest absolute Gasteiger partial charge is 0.493 e. The molecule has 0 aliphatic heterocycles. The van der Waals surface area contributed by atoms with Gasteiger partial charge in [-0.2, -0.15) is 0 Å². The van der Waals surface area contributed by atoms with E-state index in [2.05, 4.69) is 9.97 Å². The summed E-state index contributed by atoms with van der Waals surface area (Å²) in [6.07, 6.45) is 0. The molecule has 1 aromatic heterocycles. The molecular formula is C17H14Cl2N2O4. The molecule has 0 saturated carbocycles. The van der Waals surface area contributed by atoms with Gasteiger partial charge in [0, 0.05) is 11.1 Å². The van der Waals surface area contributed by atoms with Crippen LogP contribution in [0.2, 0.25) is 10.0 Å². The maximum atomic E-state index is 12.3. The molecule has 130 valence electrons. The van der Waals surface area contributed by atoms with Gasteiger partial charge in [-0.15, -0.1) is 0 Å². The number of rotatable bonds is 5. The molecule has 0 spiro atoms. The summed E-state index contributed by atoms with van der Waals surface area (Å²) in [5.74, 6) is 1.75. The van der Waals surface area contributed by atoms with Gasteiger partial charge in [0.2, 0.25) is 0 Å². The first-order valence-electron chi connectivity index (χ1n) is 7.24. The Morgan fingerprint density at radius 2 is 1.76 bits per heavy atom. The third-order valence-electron chi connectivity index (χ3n) is 3.52. The molecule has 8 heteroatoms. The van der Waals surface area contributed by atoms with Gasteiger partial charge in [0.25, 0.3) is 5.56 Å². The third kappa shape index (κ3) is 3.65. The van der Waals surface area contributed by atoms with Crippen molar-refractivity contribution in [3.63, 3.8) is 0 Å². The summed E-state index contributed by atoms with van der Waals surface area (Å²) in [4.78, 5) is 19.4. The predicted molar refractivity (Wildman–Crippen MR) is 96.3 cm³/mol. The fourth-order valence-electron chi connectivity index (χ4n) is 2.32. The summed E-state index contributed by atoms with van der Waals surface area (Å²) in [5, 5.41) is 1.28. The minimum absolute atomic E-state index is 0.0425. The SMILES string of the molecule is COc1cc2nc(COc3ccc(Cl)cc3Cl)[nH]c(=O)c2cc1OC. The van der Waals surface area contributed by atoms with E-state index in [1.165, 1.54) is 14.2 Å². The second-order valence-electron chi connectivity index (χ2n) is 5.10. The summed E-state index contributed by atoms with van der Waals surface area (Å²) in [6.45, 7) is 0.0425. The number of nitrogens with one attached hydrogen (secondary N) is 1. The Labute approximate surface area is 153 Å². The number of H-pyrrole nitrogens is 1. The summed E-state index contributed by atoms with van der Waals surface area (Å²) < 4.78 is 16.0. The molecule has 0 unspecified atom stereocenters. The minimum Gasteiger partial charge on any atom is -0.493 e. The zero-order valence-corrected chi connectivity index (χ0v) is 14.9. The van der Waals surface area contributed by atoms with Crippen LogP contribution in [-0.4, -0.2) is 24.2 Å². The van der Waals surface area contributed by atoms with E-state index in [-0.39, 0.29) is 12.2 Å². The first-order valence-corrected chi connectivity index (χ1v) is 8.00. The molecule has 0 aliphatic carbocycles. The highest BCUT2D eigenvalue weighted by molar-refractivity contribution is 6.35. The van der Waals surface area contributed by atoms with Gasteiger partial charge in [0.15, 0.2) is 11.5 Å². The van der Waals surface area contributed by atoms with Crippen molar-refractivity contribution in [2.45, 2.75) is 6.61 Å². The quantitative estimate of drug-likeness (QED) is 0.727. The molecule has 0 bridgehead atoms. The Bertz CT molecular complexity index is 988. The van der Waals surface area contributed by atoms with E-state index in [1.54, 1.807) is 30.3 Å². The molecule has 25 heavy (non-hydrogen) atoms. The molecular weight excluding hydrogens is 367 g/mol. The Morgan fingerprint density at radius 3 is 2.44 bits per heavy atom. The van der Waals surface area contributed by atoms with E-state index < -0.39 is 0 Å². The number of aromatic amines is 1. The Hall–Kier alpha value is -2.44. The molecule has 0 saturated heterocycles. The highest BCUT2D eigenvalue weighted by Gasteiger charge is 2.11. The van der Waals surface area contributed by atoms with Crippen molar-refractivity contribution in [3.05, 3.63) is 56.6 Å². The van der Waals surface area contributed by atoms with E-state index in [0.29, 0.717) is 44.0 Å². The zero-order valence-electron chi connectivity index (χ0n) is 13.4. The van der Waals surface area contributed by atoms with Crippen molar-refractivity contribution in [2.75, 3.05) is 14.2 Å². The number of hydrogen-bond donors (Lipinski definition) is 1. The molecule has 0 amide bonds. The molecule has 3 rings (SSSR count). The highest BCUT2D eigenvalue weighted by Crippen LogP contribution is 2.30. The Kier molecular flexibility index (Phi) is 5.01. The lowest BCUT2D eigenvalue weighted by Gasteiger charge is -2.10. The van der Waals surface area contributed by atoms with E-state index in [4.69, 9.17) is 37.4 Å². The number of benzene rings is 2. The van der Waals surface area contributed by atoms with Gasteiger partial charge in [0.05, 0.1) is 30.1 Å². The lowest BCUT2D eigenvalue weighted by molar-refractivity contribution is 0.296. The zero-order chi connectivity index (χ0) is 18.0. The number of methoxy groups -OCH3 is 2. The van der Waals surface area contributed by atoms with E-state index in [9.17, 15) is 4.79 Å². The van der Waals surface area contributed by atoms with Crippen LogP contribution in [0.1, 0.15) is 5.82 Å². The second-order valence-corrected chi connectivity index (χ2v) is 5.94. The number of fused-ring (bicyclic) bond motifs is 1. The first kappa shape index (κ1) is 17.4. The molecule has 0 radical (unpaired) electrons. The van der Waals surface area contributed by atoms with Gasteiger partial charge in [-0.25, -0.2) is 4.98 Å². The molecule has 2 aromatic carbocycles. The Balaban J connectivity index is 1.93. The van der Waals surface area contributed by atoms with Gasteiger partial charge >= 0.3 is 0 Å². The molecule has 1 heterocycles. The topological polar surface area (TPSA) is 73.4 Å². The van der Waals surface area contributed by atoms with E-state index in [0.717, 1.165) is 0 Å². The number of hydrogen-bond acceptors (Lipinski definition) is 5. The molecule has 0 atom stereocenters. The van der Waals surface area contributed by atoms with Crippen molar-refractivity contribution in [3.8, 4) is 17.2 Å². The van der Waals surface area contributed by atoms with Crippen molar-refractivity contribution < 1.29 is 14.2 Å². The smallest absolute Gasteiger partial charge is 0.259 e.